The zero-order valence-corrected chi connectivity index (χ0v) is 27.8. The topological polar surface area (TPSA) is 44.8 Å². The van der Waals surface area contributed by atoms with Gasteiger partial charge >= 0.3 is 5.97 Å². The van der Waals surface area contributed by atoms with Crippen LogP contribution in [0.25, 0.3) is 6.08 Å². The molecule has 3 fully saturated rings. The maximum absolute atomic E-state index is 12.8. The molecule has 0 heterocycles. The van der Waals surface area contributed by atoms with Gasteiger partial charge in [0.2, 0.25) is 0 Å². The van der Waals surface area contributed by atoms with Crippen LogP contribution in [0.5, 0.6) is 11.5 Å². The maximum atomic E-state index is 12.8. The summed E-state index contributed by atoms with van der Waals surface area (Å²) in [6, 6.07) is 5.60. The molecular weight excluding hydrogens is 532 g/mol. The molecule has 3 saturated carbocycles. The van der Waals surface area contributed by atoms with Crippen molar-refractivity contribution in [1.82, 2.24) is 0 Å². The molecular formula is C39H54O4. The molecule has 4 heteroatoms. The Morgan fingerprint density at radius 3 is 2.40 bits per heavy atom. The van der Waals surface area contributed by atoms with E-state index in [2.05, 4.69) is 65.8 Å². The van der Waals surface area contributed by atoms with Crippen molar-refractivity contribution in [3.63, 3.8) is 0 Å². The van der Waals surface area contributed by atoms with E-state index in [-0.39, 0.29) is 17.5 Å². The second kappa shape index (κ2) is 12.7. The second-order valence-corrected chi connectivity index (χ2v) is 14.7. The fraction of sp³-hybridized carbons (Fsp3) is 0.615. The summed E-state index contributed by atoms with van der Waals surface area (Å²) in [5.41, 5.74) is 4.64. The SMILES string of the molecule is COc1ccc(/C=C/C(=O)O[C@H]2CC[C@@]3(C)C(=CC=C4C3CC[C@@]3(C)C4CC[C@@H]3[C@H](C)/C=C/[C@H](C)C(C)C)C2)cc1OC. The van der Waals surface area contributed by atoms with Gasteiger partial charge in [-0.25, -0.2) is 4.79 Å². The van der Waals surface area contributed by atoms with E-state index < -0.39 is 0 Å². The van der Waals surface area contributed by atoms with Gasteiger partial charge in [0.1, 0.15) is 6.10 Å². The van der Waals surface area contributed by atoms with Gasteiger partial charge in [-0.3, -0.25) is 0 Å². The minimum Gasteiger partial charge on any atom is -0.493 e. The summed E-state index contributed by atoms with van der Waals surface area (Å²) in [6.07, 6.45) is 21.3. The fourth-order valence-corrected chi connectivity index (χ4v) is 9.01. The van der Waals surface area contributed by atoms with Gasteiger partial charge in [0.05, 0.1) is 14.2 Å². The zero-order chi connectivity index (χ0) is 30.9. The van der Waals surface area contributed by atoms with E-state index in [0.29, 0.717) is 46.5 Å². The maximum Gasteiger partial charge on any atom is 0.331 e. The molecule has 4 aliphatic carbocycles. The van der Waals surface area contributed by atoms with Gasteiger partial charge in [0.15, 0.2) is 11.5 Å². The first kappa shape index (κ1) is 31.7. The van der Waals surface area contributed by atoms with E-state index in [4.69, 9.17) is 14.2 Å². The van der Waals surface area contributed by atoms with Gasteiger partial charge in [0, 0.05) is 12.5 Å². The number of carbonyl (C=O) groups excluding carboxylic acids is 1. The van der Waals surface area contributed by atoms with Crippen molar-refractivity contribution >= 4 is 12.0 Å². The van der Waals surface area contributed by atoms with Crippen LogP contribution in [0.3, 0.4) is 0 Å². The first-order valence-electron chi connectivity index (χ1n) is 16.7. The zero-order valence-electron chi connectivity index (χ0n) is 27.8. The van der Waals surface area contributed by atoms with E-state index in [1.807, 2.05) is 18.2 Å². The van der Waals surface area contributed by atoms with Gasteiger partial charge in [-0.15, -0.1) is 0 Å². The summed E-state index contributed by atoms with van der Waals surface area (Å²) in [5, 5.41) is 0. The molecule has 0 amide bonds. The van der Waals surface area contributed by atoms with Gasteiger partial charge in [-0.2, -0.15) is 0 Å². The van der Waals surface area contributed by atoms with Crippen molar-refractivity contribution in [2.24, 2.45) is 46.3 Å². The van der Waals surface area contributed by atoms with E-state index in [1.165, 1.54) is 37.3 Å². The molecule has 1 aromatic rings. The van der Waals surface area contributed by atoms with Crippen molar-refractivity contribution < 1.29 is 19.0 Å². The van der Waals surface area contributed by atoms with E-state index >= 15 is 0 Å². The molecule has 5 rings (SSSR count). The quantitative estimate of drug-likeness (QED) is 0.164. The first-order valence-corrected chi connectivity index (χ1v) is 16.7. The van der Waals surface area contributed by atoms with Crippen molar-refractivity contribution in [2.75, 3.05) is 14.2 Å². The van der Waals surface area contributed by atoms with Crippen LogP contribution in [0.1, 0.15) is 92.1 Å². The Hall–Kier alpha value is -2.75. The lowest BCUT2D eigenvalue weighted by Crippen LogP contribution is -2.46. The van der Waals surface area contributed by atoms with E-state index in [0.717, 1.165) is 30.7 Å². The third-order valence-electron chi connectivity index (χ3n) is 12.1. The highest BCUT2D eigenvalue weighted by molar-refractivity contribution is 5.87. The molecule has 0 N–H and O–H groups in total. The molecule has 0 saturated heterocycles. The molecule has 4 nitrogen and oxygen atoms in total. The Bertz CT molecular complexity index is 1300. The highest BCUT2D eigenvalue weighted by Crippen LogP contribution is 2.66. The van der Waals surface area contributed by atoms with Crippen molar-refractivity contribution in [2.45, 2.75) is 92.6 Å². The number of hydrogen-bond donors (Lipinski definition) is 0. The van der Waals surface area contributed by atoms with Crippen molar-refractivity contribution in [3.05, 3.63) is 65.3 Å². The van der Waals surface area contributed by atoms with Crippen LogP contribution in [0, 0.1) is 46.3 Å². The van der Waals surface area contributed by atoms with E-state index in [1.54, 1.807) is 25.9 Å². The number of esters is 1. The average molecular weight is 587 g/mol. The molecule has 43 heavy (non-hydrogen) atoms. The Morgan fingerprint density at radius 1 is 0.907 bits per heavy atom. The largest absolute Gasteiger partial charge is 0.493 e. The second-order valence-electron chi connectivity index (χ2n) is 14.7. The minimum absolute atomic E-state index is 0.0672. The number of methoxy groups -OCH3 is 2. The van der Waals surface area contributed by atoms with Crippen molar-refractivity contribution in [1.29, 1.82) is 0 Å². The predicted octanol–water partition coefficient (Wildman–Crippen LogP) is 9.61. The molecule has 0 bridgehead atoms. The molecule has 0 aromatic heterocycles. The molecule has 1 aromatic carbocycles. The van der Waals surface area contributed by atoms with Crippen molar-refractivity contribution in [3.8, 4) is 11.5 Å². The molecule has 8 atom stereocenters. The monoisotopic (exact) mass is 586 g/mol. The Labute approximate surface area is 260 Å². The number of fused-ring (bicyclic) bond motifs is 5. The van der Waals surface area contributed by atoms with Gasteiger partial charge in [0.25, 0.3) is 0 Å². The van der Waals surface area contributed by atoms with Crippen LogP contribution in [0.15, 0.2) is 59.7 Å². The summed E-state index contributed by atoms with van der Waals surface area (Å²) < 4.78 is 16.7. The first-order chi connectivity index (χ1) is 20.5. The number of rotatable bonds is 9. The Kier molecular flexibility index (Phi) is 9.35. The fourth-order valence-electron chi connectivity index (χ4n) is 9.01. The standard InChI is InChI=1S/C39H54O4/c1-25(2)26(3)9-10-27(4)32-15-16-33-31-14-13-29-24-30(19-21-38(29,5)34(31)20-22-39(32,33)6)43-37(40)18-12-28-11-17-35(41-7)36(23-28)42-8/h9-14,17-18,23,25-27,30,32-34H,15-16,19-22,24H2,1-8H3/b10-9+,18-12+/t26-,27+,30-,32+,33?,34?,38-,39+/m0/s1. The molecule has 0 spiro atoms. The molecule has 4 aliphatic rings. The van der Waals surface area contributed by atoms with Crippen LogP contribution in [-0.4, -0.2) is 26.3 Å². The lowest BCUT2D eigenvalue weighted by molar-refractivity contribution is -0.144. The van der Waals surface area contributed by atoms with Gasteiger partial charge in [-0.1, -0.05) is 83.1 Å². The van der Waals surface area contributed by atoms with E-state index in [9.17, 15) is 4.79 Å². The summed E-state index contributed by atoms with van der Waals surface area (Å²) in [6.45, 7) is 14.6. The third-order valence-corrected chi connectivity index (χ3v) is 12.1. The average Bonchev–Trinajstić information content (AvgIpc) is 3.35. The summed E-state index contributed by atoms with van der Waals surface area (Å²) >= 11 is 0. The van der Waals surface area contributed by atoms with Crippen LogP contribution >= 0.6 is 0 Å². The Balaban J connectivity index is 1.25. The third kappa shape index (κ3) is 6.13. The highest BCUT2D eigenvalue weighted by atomic mass is 16.5. The van der Waals surface area contributed by atoms with Crippen LogP contribution < -0.4 is 9.47 Å². The summed E-state index contributed by atoms with van der Waals surface area (Å²) in [5.74, 6) is 5.06. The molecule has 0 radical (unpaired) electrons. The molecule has 0 aliphatic heterocycles. The minimum atomic E-state index is -0.285. The number of ether oxygens (including phenoxy) is 3. The summed E-state index contributed by atoms with van der Waals surface area (Å²) in [4.78, 5) is 12.8. The highest BCUT2D eigenvalue weighted by Gasteiger charge is 2.57. The lowest BCUT2D eigenvalue weighted by atomic mass is 9.50. The summed E-state index contributed by atoms with van der Waals surface area (Å²) in [7, 11) is 3.22. The van der Waals surface area contributed by atoms with Crippen LogP contribution in [0.2, 0.25) is 0 Å². The molecule has 234 valence electrons. The van der Waals surface area contributed by atoms with Gasteiger partial charge in [-0.05, 0) is 109 Å². The molecule has 2 unspecified atom stereocenters. The number of hydrogen-bond acceptors (Lipinski definition) is 4. The number of allylic oxidation sites excluding steroid dienone is 5. The lowest BCUT2D eigenvalue weighted by Gasteiger charge is -2.55. The van der Waals surface area contributed by atoms with Gasteiger partial charge < -0.3 is 14.2 Å². The smallest absolute Gasteiger partial charge is 0.331 e. The normalized spacial score (nSPS) is 33.3. The predicted molar refractivity (Wildman–Crippen MR) is 176 cm³/mol. The van der Waals surface area contributed by atoms with Crippen LogP contribution in [-0.2, 0) is 9.53 Å². The number of carbonyl (C=O) groups is 1. The Morgan fingerprint density at radius 2 is 1.67 bits per heavy atom. The van der Waals surface area contributed by atoms with Crippen LogP contribution in [0.4, 0.5) is 0 Å². The number of benzene rings is 1.